The highest BCUT2D eigenvalue weighted by Gasteiger charge is 2.11. The first-order chi connectivity index (χ1) is 10.8. The number of H-pyrrole nitrogens is 1. The van der Waals surface area contributed by atoms with E-state index in [-0.39, 0.29) is 0 Å². The molecule has 0 aliphatic heterocycles. The Morgan fingerprint density at radius 2 is 1.91 bits per heavy atom. The molecule has 0 bridgehead atoms. The fourth-order valence-electron chi connectivity index (χ4n) is 2.60. The lowest BCUT2D eigenvalue weighted by atomic mass is 9.95. The first-order valence-electron chi connectivity index (χ1n) is 7.50. The van der Waals surface area contributed by atoms with Gasteiger partial charge in [-0.05, 0) is 46.9 Å². The smallest absolute Gasteiger partial charge is 0.205 e. The summed E-state index contributed by atoms with van der Waals surface area (Å²) in [5.41, 5.74) is 11.2. The largest absolute Gasteiger partial charge is 0.399 e. The van der Waals surface area contributed by atoms with Gasteiger partial charge in [-0.1, -0.05) is 43.7 Å². The predicted octanol–water partition coefficient (Wildman–Crippen LogP) is 3.46. The average molecular weight is 293 g/mol. The van der Waals surface area contributed by atoms with Crippen LogP contribution in [0.5, 0.6) is 0 Å². The molecule has 112 valence electrons. The average Bonchev–Trinajstić information content (AvgIpc) is 3.07. The fraction of sp³-hybridized carbons (Fsp3) is 0.235. The number of unbranched alkanes of at least 4 members (excludes halogenated alkanes) is 1. The van der Waals surface area contributed by atoms with Gasteiger partial charge >= 0.3 is 0 Å². The van der Waals surface area contributed by atoms with Crippen molar-refractivity contribution in [2.24, 2.45) is 0 Å². The molecule has 3 aromatic rings. The van der Waals surface area contributed by atoms with Gasteiger partial charge in [-0.15, -0.1) is 10.2 Å². The van der Waals surface area contributed by atoms with Crippen molar-refractivity contribution in [3.05, 3.63) is 48.0 Å². The Balaban J connectivity index is 2.06. The lowest BCUT2D eigenvalue weighted by Crippen LogP contribution is -1.93. The number of hydrogen-bond acceptors (Lipinski definition) is 4. The molecule has 5 heteroatoms. The van der Waals surface area contributed by atoms with Crippen LogP contribution >= 0.6 is 0 Å². The summed E-state index contributed by atoms with van der Waals surface area (Å²) in [6, 6.07) is 14.3. The van der Waals surface area contributed by atoms with E-state index in [1.165, 1.54) is 12.0 Å². The Bertz CT molecular complexity index is 750. The van der Waals surface area contributed by atoms with E-state index < -0.39 is 0 Å². The number of aromatic amines is 1. The van der Waals surface area contributed by atoms with Crippen molar-refractivity contribution in [3.63, 3.8) is 0 Å². The maximum Gasteiger partial charge on any atom is 0.205 e. The number of tetrazole rings is 1. The summed E-state index contributed by atoms with van der Waals surface area (Å²) in [5.74, 6) is 0.591. The van der Waals surface area contributed by atoms with Crippen molar-refractivity contribution >= 4 is 5.69 Å². The zero-order valence-corrected chi connectivity index (χ0v) is 12.6. The third-order valence-corrected chi connectivity index (χ3v) is 3.66. The van der Waals surface area contributed by atoms with Gasteiger partial charge in [0.1, 0.15) is 0 Å². The van der Waals surface area contributed by atoms with Crippen LogP contribution in [0.3, 0.4) is 0 Å². The van der Waals surface area contributed by atoms with Gasteiger partial charge < -0.3 is 5.73 Å². The van der Waals surface area contributed by atoms with Crippen LogP contribution in [0.4, 0.5) is 5.69 Å². The first kappa shape index (κ1) is 14.3. The lowest BCUT2D eigenvalue weighted by Gasteiger charge is -2.10. The highest BCUT2D eigenvalue weighted by molar-refractivity contribution is 5.81. The molecule has 0 aliphatic carbocycles. The summed E-state index contributed by atoms with van der Waals surface area (Å²) in [4.78, 5) is 0. The third-order valence-electron chi connectivity index (χ3n) is 3.66. The number of aromatic nitrogens is 4. The van der Waals surface area contributed by atoms with Crippen molar-refractivity contribution in [1.29, 1.82) is 0 Å². The second kappa shape index (κ2) is 6.39. The monoisotopic (exact) mass is 293 g/mol. The van der Waals surface area contributed by atoms with Crippen LogP contribution in [-0.4, -0.2) is 20.6 Å². The molecule has 0 saturated carbocycles. The van der Waals surface area contributed by atoms with Crippen molar-refractivity contribution in [1.82, 2.24) is 20.6 Å². The summed E-state index contributed by atoms with van der Waals surface area (Å²) in [6.07, 6.45) is 3.37. The van der Waals surface area contributed by atoms with Crippen LogP contribution in [0, 0.1) is 0 Å². The molecule has 5 nitrogen and oxygen atoms in total. The van der Waals surface area contributed by atoms with Crippen LogP contribution in [0.2, 0.25) is 0 Å². The predicted molar refractivity (Wildman–Crippen MR) is 88.1 cm³/mol. The summed E-state index contributed by atoms with van der Waals surface area (Å²) in [5, 5.41) is 14.3. The SMILES string of the molecule is CCCCc1cc(N)cc(-c2ccccc2-c2nn[nH]n2)c1. The number of benzene rings is 2. The van der Waals surface area contributed by atoms with E-state index in [1.807, 2.05) is 24.3 Å². The van der Waals surface area contributed by atoms with Crippen molar-refractivity contribution < 1.29 is 0 Å². The van der Waals surface area contributed by atoms with Gasteiger partial charge in [0.15, 0.2) is 0 Å². The van der Waals surface area contributed by atoms with Gasteiger partial charge in [0.2, 0.25) is 5.82 Å². The Hall–Kier alpha value is -2.69. The van der Waals surface area contributed by atoms with Gasteiger partial charge in [-0.25, -0.2) is 0 Å². The molecule has 1 heterocycles. The highest BCUT2D eigenvalue weighted by atomic mass is 15.5. The number of nitrogens with two attached hydrogens (primary N) is 1. The van der Waals surface area contributed by atoms with Crippen LogP contribution in [0.15, 0.2) is 42.5 Å². The van der Waals surface area contributed by atoms with E-state index in [9.17, 15) is 0 Å². The van der Waals surface area contributed by atoms with Gasteiger partial charge in [0.25, 0.3) is 0 Å². The Labute approximate surface area is 129 Å². The number of nitrogens with zero attached hydrogens (tertiary/aromatic N) is 3. The zero-order valence-electron chi connectivity index (χ0n) is 12.6. The number of nitrogen functional groups attached to an aromatic ring is 1. The summed E-state index contributed by atoms with van der Waals surface area (Å²) in [6.45, 7) is 2.19. The Morgan fingerprint density at radius 3 is 2.64 bits per heavy atom. The fourth-order valence-corrected chi connectivity index (χ4v) is 2.60. The molecule has 0 fully saturated rings. The minimum atomic E-state index is 0.591. The standard InChI is InChI=1S/C17H19N5/c1-2-3-6-12-9-13(11-14(18)10-12)15-7-4-5-8-16(15)17-19-21-22-20-17/h4-5,7-11H,2-3,6,18H2,1H3,(H,19,20,21,22). The van der Waals surface area contributed by atoms with E-state index in [1.54, 1.807) is 0 Å². The second-order valence-electron chi connectivity index (χ2n) is 5.35. The molecule has 0 spiro atoms. The van der Waals surface area contributed by atoms with Gasteiger partial charge in [0, 0.05) is 11.3 Å². The molecule has 0 saturated heterocycles. The molecule has 0 radical (unpaired) electrons. The van der Waals surface area contributed by atoms with Crippen LogP contribution in [0.25, 0.3) is 22.5 Å². The minimum Gasteiger partial charge on any atom is -0.399 e. The van der Waals surface area contributed by atoms with Gasteiger partial charge in [-0.3, -0.25) is 0 Å². The number of hydrogen-bond donors (Lipinski definition) is 2. The lowest BCUT2D eigenvalue weighted by molar-refractivity contribution is 0.795. The van der Waals surface area contributed by atoms with E-state index >= 15 is 0 Å². The molecule has 3 rings (SSSR count). The number of rotatable bonds is 5. The number of nitrogens with one attached hydrogen (secondary N) is 1. The normalized spacial score (nSPS) is 10.8. The molecule has 0 amide bonds. The van der Waals surface area contributed by atoms with E-state index in [2.05, 4.69) is 45.7 Å². The first-order valence-corrected chi connectivity index (χ1v) is 7.50. The molecule has 0 aliphatic rings. The van der Waals surface area contributed by atoms with E-state index in [4.69, 9.17) is 5.73 Å². The van der Waals surface area contributed by atoms with E-state index in [0.717, 1.165) is 35.2 Å². The second-order valence-corrected chi connectivity index (χ2v) is 5.35. The molecule has 1 aromatic heterocycles. The van der Waals surface area contributed by atoms with Crippen LogP contribution < -0.4 is 5.73 Å². The van der Waals surface area contributed by atoms with Crippen molar-refractivity contribution in [2.75, 3.05) is 5.73 Å². The highest BCUT2D eigenvalue weighted by Crippen LogP contribution is 2.31. The molecule has 2 aromatic carbocycles. The molecule has 0 atom stereocenters. The quantitative estimate of drug-likeness (QED) is 0.706. The molecule has 22 heavy (non-hydrogen) atoms. The summed E-state index contributed by atoms with van der Waals surface area (Å²) < 4.78 is 0. The van der Waals surface area contributed by atoms with Crippen molar-refractivity contribution in [3.8, 4) is 22.5 Å². The van der Waals surface area contributed by atoms with Gasteiger partial charge in [0.05, 0.1) is 0 Å². The number of anilines is 1. The zero-order chi connectivity index (χ0) is 15.4. The maximum atomic E-state index is 6.09. The van der Waals surface area contributed by atoms with E-state index in [0.29, 0.717) is 5.82 Å². The summed E-state index contributed by atoms with van der Waals surface area (Å²) >= 11 is 0. The molecular formula is C17H19N5. The number of aryl methyl sites for hydroxylation is 1. The third kappa shape index (κ3) is 2.98. The van der Waals surface area contributed by atoms with Crippen LogP contribution in [-0.2, 0) is 6.42 Å². The van der Waals surface area contributed by atoms with Crippen molar-refractivity contribution in [2.45, 2.75) is 26.2 Å². The molecule has 0 unspecified atom stereocenters. The van der Waals surface area contributed by atoms with Gasteiger partial charge in [-0.2, -0.15) is 5.21 Å². The minimum absolute atomic E-state index is 0.591. The maximum absolute atomic E-state index is 6.09. The Kier molecular flexibility index (Phi) is 4.14. The molecular weight excluding hydrogens is 274 g/mol. The topological polar surface area (TPSA) is 80.5 Å². The Morgan fingerprint density at radius 1 is 1.09 bits per heavy atom. The molecule has 3 N–H and O–H groups in total. The summed E-state index contributed by atoms with van der Waals surface area (Å²) in [7, 11) is 0. The van der Waals surface area contributed by atoms with Crippen LogP contribution in [0.1, 0.15) is 25.3 Å².